The number of carbonyl (C=O) groups excluding carboxylic acids is 4. The van der Waals surface area contributed by atoms with Gasteiger partial charge in [0.1, 0.15) is 6.54 Å². The summed E-state index contributed by atoms with van der Waals surface area (Å²) in [6.07, 6.45) is -0.245. The second-order valence-electron chi connectivity index (χ2n) is 6.57. The molecule has 0 spiro atoms. The van der Waals surface area contributed by atoms with Crippen LogP contribution in [0.3, 0.4) is 0 Å². The minimum Gasteiger partial charge on any atom is -0.338 e. The van der Waals surface area contributed by atoms with Gasteiger partial charge in [-0.05, 0) is 0 Å². The number of carbonyl (C=O) groups is 4. The Bertz CT molecular complexity index is 588. The predicted octanol–water partition coefficient (Wildman–Crippen LogP) is -1.20. The normalized spacial score (nSPS) is 26.5. The highest BCUT2D eigenvalue weighted by atomic mass is 19.3. The number of nitrogens with one attached hydrogen (secondary N) is 1. The molecule has 3 rings (SSSR count). The Kier molecular flexibility index (Phi) is 4.72. The Morgan fingerprint density at radius 1 is 1.04 bits per heavy atom. The number of hydrogen-bond acceptors (Lipinski definition) is 5. The maximum Gasteiger partial charge on any atom is 0.262 e. The molecule has 3 aliphatic heterocycles. The predicted molar refractivity (Wildman–Crippen MR) is 80.5 cm³/mol. The Labute approximate surface area is 143 Å². The lowest BCUT2D eigenvalue weighted by Crippen LogP contribution is -2.55. The fourth-order valence-electron chi connectivity index (χ4n) is 3.32. The number of hydrogen-bond donors (Lipinski definition) is 1. The number of likely N-dealkylation sites (tertiary alicyclic amines) is 1. The Morgan fingerprint density at radius 2 is 1.60 bits per heavy atom. The summed E-state index contributed by atoms with van der Waals surface area (Å²) in [5.74, 6) is -4.29. The summed E-state index contributed by atoms with van der Waals surface area (Å²) in [6.45, 7) is 0.224. The fourth-order valence-corrected chi connectivity index (χ4v) is 3.32. The van der Waals surface area contributed by atoms with Crippen LogP contribution in [0.25, 0.3) is 0 Å². The van der Waals surface area contributed by atoms with E-state index in [1.54, 1.807) is 0 Å². The number of amides is 4. The number of rotatable bonds is 3. The van der Waals surface area contributed by atoms with E-state index in [9.17, 15) is 28.0 Å². The molecule has 138 valence electrons. The SMILES string of the molecule is O=C(CN1C(=O)CCC1=O)N1CCN(C(=O)C2CC(F)(F)CN2)CC1. The highest BCUT2D eigenvalue weighted by molar-refractivity contribution is 6.04. The second-order valence-corrected chi connectivity index (χ2v) is 6.57. The molecule has 0 radical (unpaired) electrons. The van der Waals surface area contributed by atoms with Crippen molar-refractivity contribution in [3.8, 4) is 0 Å². The maximum atomic E-state index is 13.2. The average molecular weight is 358 g/mol. The minimum atomic E-state index is -2.87. The van der Waals surface area contributed by atoms with Crippen molar-refractivity contribution >= 4 is 23.6 Å². The van der Waals surface area contributed by atoms with Gasteiger partial charge in [-0.2, -0.15) is 0 Å². The van der Waals surface area contributed by atoms with Crippen molar-refractivity contribution in [1.82, 2.24) is 20.0 Å². The molecule has 3 aliphatic rings. The third-order valence-electron chi connectivity index (χ3n) is 4.80. The summed E-state index contributed by atoms with van der Waals surface area (Å²) in [5.41, 5.74) is 0. The van der Waals surface area contributed by atoms with Crippen LogP contribution in [-0.2, 0) is 19.2 Å². The van der Waals surface area contributed by atoms with Crippen LogP contribution in [-0.4, -0.2) is 89.6 Å². The van der Waals surface area contributed by atoms with Crippen LogP contribution in [0.5, 0.6) is 0 Å². The van der Waals surface area contributed by atoms with Crippen molar-refractivity contribution in [1.29, 1.82) is 0 Å². The fraction of sp³-hybridized carbons (Fsp3) is 0.733. The standard InChI is InChI=1S/C15H20F2N4O4/c16-15(17)7-10(18-9-15)14(25)20-5-3-19(4-6-20)13(24)8-21-11(22)1-2-12(21)23/h10,18H,1-9H2. The topological polar surface area (TPSA) is 90.0 Å². The van der Waals surface area contributed by atoms with E-state index < -0.39 is 24.9 Å². The van der Waals surface area contributed by atoms with Crippen LogP contribution in [0.4, 0.5) is 8.78 Å². The molecule has 0 aromatic heterocycles. The molecule has 4 amide bonds. The van der Waals surface area contributed by atoms with Crippen LogP contribution in [0.15, 0.2) is 0 Å². The summed E-state index contributed by atoms with van der Waals surface area (Å²) >= 11 is 0. The van der Waals surface area contributed by atoms with Gasteiger partial charge in [0.05, 0.1) is 12.6 Å². The summed E-state index contributed by atoms with van der Waals surface area (Å²) in [6, 6.07) is -0.892. The van der Waals surface area contributed by atoms with E-state index in [4.69, 9.17) is 0 Å². The summed E-state index contributed by atoms with van der Waals surface area (Å²) in [7, 11) is 0. The lowest BCUT2D eigenvalue weighted by molar-refractivity contribution is -0.147. The van der Waals surface area contributed by atoms with Gasteiger partial charge in [0, 0.05) is 45.4 Å². The van der Waals surface area contributed by atoms with Gasteiger partial charge in [-0.15, -0.1) is 0 Å². The zero-order valence-corrected chi connectivity index (χ0v) is 13.7. The first-order valence-electron chi connectivity index (χ1n) is 8.28. The zero-order chi connectivity index (χ0) is 18.2. The summed E-state index contributed by atoms with van der Waals surface area (Å²) < 4.78 is 26.4. The Hall–Kier alpha value is -2.10. The van der Waals surface area contributed by atoms with Gasteiger partial charge in [-0.25, -0.2) is 8.78 Å². The molecule has 10 heteroatoms. The second kappa shape index (κ2) is 6.66. The molecule has 0 aliphatic carbocycles. The third kappa shape index (κ3) is 3.78. The van der Waals surface area contributed by atoms with Crippen LogP contribution < -0.4 is 5.32 Å². The first-order chi connectivity index (χ1) is 11.8. The van der Waals surface area contributed by atoms with E-state index in [0.717, 1.165) is 4.90 Å². The van der Waals surface area contributed by atoms with Crippen molar-refractivity contribution in [3.63, 3.8) is 0 Å². The quantitative estimate of drug-likeness (QED) is 0.641. The summed E-state index contributed by atoms with van der Waals surface area (Å²) in [5, 5.41) is 2.53. The van der Waals surface area contributed by atoms with Gasteiger partial charge in [0.25, 0.3) is 5.92 Å². The smallest absolute Gasteiger partial charge is 0.262 e. The molecule has 0 aromatic rings. The average Bonchev–Trinajstić information content (AvgIpc) is 3.10. The number of nitrogens with zero attached hydrogens (tertiary/aromatic N) is 3. The highest BCUT2D eigenvalue weighted by Gasteiger charge is 2.44. The van der Waals surface area contributed by atoms with Crippen LogP contribution >= 0.6 is 0 Å². The van der Waals surface area contributed by atoms with Crippen LogP contribution in [0.2, 0.25) is 0 Å². The first-order valence-corrected chi connectivity index (χ1v) is 8.28. The molecule has 1 unspecified atom stereocenters. The summed E-state index contributed by atoms with van der Waals surface area (Å²) in [4.78, 5) is 51.5. The molecule has 8 nitrogen and oxygen atoms in total. The van der Waals surface area contributed by atoms with Gasteiger partial charge in [-0.1, -0.05) is 0 Å². The van der Waals surface area contributed by atoms with Crippen LogP contribution in [0.1, 0.15) is 19.3 Å². The lowest BCUT2D eigenvalue weighted by Gasteiger charge is -2.36. The number of piperazine rings is 1. The molecule has 1 atom stereocenters. The molecule has 0 bridgehead atoms. The Balaban J connectivity index is 1.48. The maximum absolute atomic E-state index is 13.2. The number of alkyl halides is 2. The van der Waals surface area contributed by atoms with Gasteiger partial charge < -0.3 is 9.80 Å². The van der Waals surface area contributed by atoms with Gasteiger partial charge >= 0.3 is 0 Å². The molecule has 3 fully saturated rings. The third-order valence-corrected chi connectivity index (χ3v) is 4.80. The first kappa shape index (κ1) is 17.7. The monoisotopic (exact) mass is 358 g/mol. The van der Waals surface area contributed by atoms with Gasteiger partial charge in [-0.3, -0.25) is 29.4 Å². The molecule has 3 saturated heterocycles. The van der Waals surface area contributed by atoms with Crippen molar-refractivity contribution in [2.75, 3.05) is 39.3 Å². The molecule has 3 heterocycles. The molecule has 1 N–H and O–H groups in total. The number of imide groups is 1. The largest absolute Gasteiger partial charge is 0.338 e. The molecular weight excluding hydrogens is 338 g/mol. The van der Waals surface area contributed by atoms with E-state index in [1.165, 1.54) is 9.80 Å². The van der Waals surface area contributed by atoms with E-state index in [0.29, 0.717) is 0 Å². The molecular formula is C15H20F2N4O4. The molecule has 25 heavy (non-hydrogen) atoms. The van der Waals surface area contributed by atoms with Crippen molar-refractivity contribution in [3.05, 3.63) is 0 Å². The van der Waals surface area contributed by atoms with E-state index in [1.807, 2.05) is 0 Å². The van der Waals surface area contributed by atoms with E-state index in [2.05, 4.69) is 5.32 Å². The van der Waals surface area contributed by atoms with Gasteiger partial charge in [0.15, 0.2) is 0 Å². The van der Waals surface area contributed by atoms with Gasteiger partial charge in [0.2, 0.25) is 23.6 Å². The lowest BCUT2D eigenvalue weighted by atomic mass is 10.1. The number of halogens is 2. The van der Waals surface area contributed by atoms with Crippen molar-refractivity contribution in [2.45, 2.75) is 31.2 Å². The highest BCUT2D eigenvalue weighted by Crippen LogP contribution is 2.26. The minimum absolute atomic E-state index is 0.132. The zero-order valence-electron chi connectivity index (χ0n) is 13.7. The molecule has 0 saturated carbocycles. The van der Waals surface area contributed by atoms with Crippen molar-refractivity contribution in [2.24, 2.45) is 0 Å². The van der Waals surface area contributed by atoms with Crippen molar-refractivity contribution < 1.29 is 28.0 Å². The van der Waals surface area contributed by atoms with E-state index in [-0.39, 0.29) is 69.2 Å². The Morgan fingerprint density at radius 3 is 2.12 bits per heavy atom. The van der Waals surface area contributed by atoms with Crippen LogP contribution in [0, 0.1) is 0 Å². The molecule has 0 aromatic carbocycles. The van der Waals surface area contributed by atoms with E-state index >= 15 is 0 Å².